The quantitative estimate of drug-likeness (QED) is 0.160. The number of rotatable bonds is 6. The minimum atomic E-state index is 0.901. The maximum atomic E-state index is 6.17. The summed E-state index contributed by atoms with van der Waals surface area (Å²) in [7, 11) is 0. The normalized spacial score (nSPS) is 11.6. The van der Waals surface area contributed by atoms with Gasteiger partial charge >= 0.3 is 0 Å². The molecule has 0 amide bonds. The van der Waals surface area contributed by atoms with E-state index in [1.807, 2.05) is 12.1 Å². The summed E-state index contributed by atoms with van der Waals surface area (Å²) in [5, 5.41) is 9.90. The van der Waals surface area contributed by atoms with Crippen molar-refractivity contribution in [3.05, 3.63) is 212 Å². The summed E-state index contributed by atoms with van der Waals surface area (Å²) >= 11 is 0. The lowest BCUT2D eigenvalue weighted by Gasteiger charge is -2.28. The van der Waals surface area contributed by atoms with Gasteiger partial charge in [0.1, 0.15) is 11.2 Å². The predicted octanol–water partition coefficient (Wildman–Crippen LogP) is 15.5. The Balaban J connectivity index is 1.04. The van der Waals surface area contributed by atoms with Crippen molar-refractivity contribution in [3.8, 4) is 33.4 Å². The smallest absolute Gasteiger partial charge is 0.135 e. The van der Waals surface area contributed by atoms with E-state index in [0.29, 0.717) is 0 Å². The first-order chi connectivity index (χ1) is 27.7. The van der Waals surface area contributed by atoms with Crippen molar-refractivity contribution in [2.75, 3.05) is 4.90 Å². The Hall–Kier alpha value is -7.42. The lowest BCUT2D eigenvalue weighted by molar-refractivity contribution is 0.669. The molecule has 0 atom stereocenters. The highest BCUT2D eigenvalue weighted by molar-refractivity contribution is 6.20. The van der Waals surface area contributed by atoms with Crippen LogP contribution in [-0.4, -0.2) is 0 Å². The molecule has 56 heavy (non-hydrogen) atoms. The van der Waals surface area contributed by atoms with Crippen LogP contribution in [0.2, 0.25) is 0 Å². The Morgan fingerprint density at radius 3 is 1.77 bits per heavy atom. The molecule has 0 spiro atoms. The van der Waals surface area contributed by atoms with Gasteiger partial charge in [-0.25, -0.2) is 0 Å². The van der Waals surface area contributed by atoms with Crippen molar-refractivity contribution in [1.82, 2.24) is 0 Å². The lowest BCUT2D eigenvalue weighted by Crippen LogP contribution is -2.11. The van der Waals surface area contributed by atoms with Crippen LogP contribution in [0.4, 0.5) is 17.1 Å². The van der Waals surface area contributed by atoms with Gasteiger partial charge in [-0.3, -0.25) is 0 Å². The van der Waals surface area contributed by atoms with Gasteiger partial charge in [0.2, 0.25) is 0 Å². The molecule has 0 aliphatic rings. The van der Waals surface area contributed by atoms with Crippen molar-refractivity contribution >= 4 is 71.3 Å². The number of anilines is 3. The van der Waals surface area contributed by atoms with Crippen LogP contribution in [0.3, 0.4) is 0 Å². The fourth-order valence-corrected chi connectivity index (χ4v) is 8.50. The minimum Gasteiger partial charge on any atom is -0.456 e. The first kappa shape index (κ1) is 32.0. The first-order valence-electron chi connectivity index (χ1n) is 19.2. The molecule has 262 valence electrons. The summed E-state index contributed by atoms with van der Waals surface area (Å²) in [5.41, 5.74) is 12.1. The maximum absolute atomic E-state index is 6.17. The molecule has 2 heteroatoms. The molecular weight excluding hydrogens is 679 g/mol. The largest absolute Gasteiger partial charge is 0.456 e. The predicted molar refractivity (Wildman–Crippen MR) is 237 cm³/mol. The van der Waals surface area contributed by atoms with E-state index in [4.69, 9.17) is 4.42 Å². The van der Waals surface area contributed by atoms with Crippen molar-refractivity contribution < 1.29 is 4.42 Å². The van der Waals surface area contributed by atoms with E-state index in [-0.39, 0.29) is 0 Å². The monoisotopic (exact) mass is 713 g/mol. The molecule has 0 aliphatic carbocycles. The number of nitrogens with zero attached hydrogens (tertiary/aromatic N) is 1. The number of fused-ring (bicyclic) bond motifs is 8. The first-order valence-corrected chi connectivity index (χ1v) is 19.2. The fourth-order valence-electron chi connectivity index (χ4n) is 8.50. The van der Waals surface area contributed by atoms with Crippen LogP contribution in [0.1, 0.15) is 0 Å². The highest BCUT2D eigenvalue weighted by Gasteiger charge is 2.19. The maximum Gasteiger partial charge on any atom is 0.135 e. The van der Waals surface area contributed by atoms with E-state index in [1.54, 1.807) is 0 Å². The van der Waals surface area contributed by atoms with Crippen LogP contribution >= 0.6 is 0 Å². The van der Waals surface area contributed by atoms with E-state index in [1.165, 1.54) is 54.6 Å². The highest BCUT2D eigenvalue weighted by atomic mass is 16.3. The van der Waals surface area contributed by atoms with E-state index >= 15 is 0 Å². The summed E-state index contributed by atoms with van der Waals surface area (Å²) < 4.78 is 6.17. The standard InChI is InChI=1S/C54H35NO/c1-2-11-37(12-3-1)46-16-6-8-19-51(46)55(45-15-10-14-41(33-45)43-29-32-53-50(35-43)48-18-7-9-20-52(48)56-53)44-30-27-36(28-31-44)42-26-23-39-22-25-40-24-21-38-13-4-5-17-47(38)54(40)49(39)34-42/h1-35H. The van der Waals surface area contributed by atoms with Crippen molar-refractivity contribution in [2.24, 2.45) is 0 Å². The highest BCUT2D eigenvalue weighted by Crippen LogP contribution is 2.43. The summed E-state index contributed by atoms with van der Waals surface area (Å²) in [4.78, 5) is 2.39. The van der Waals surface area contributed by atoms with E-state index in [2.05, 4.69) is 205 Å². The summed E-state index contributed by atoms with van der Waals surface area (Å²) in [5.74, 6) is 0. The van der Waals surface area contributed by atoms with E-state index in [0.717, 1.165) is 50.1 Å². The number of furan rings is 1. The SMILES string of the molecule is c1ccc(-c2ccccc2N(c2ccc(-c3ccc4ccc5ccc6ccccc6c5c4c3)cc2)c2cccc(-c3ccc4oc5ccccc5c4c3)c2)cc1. The molecule has 0 saturated heterocycles. The van der Waals surface area contributed by atoms with Gasteiger partial charge in [-0.05, 0) is 115 Å². The Bertz CT molecular complexity index is 3240. The van der Waals surface area contributed by atoms with Gasteiger partial charge in [-0.15, -0.1) is 0 Å². The van der Waals surface area contributed by atoms with Crippen LogP contribution in [-0.2, 0) is 0 Å². The molecule has 0 fully saturated rings. The van der Waals surface area contributed by atoms with E-state index < -0.39 is 0 Å². The van der Waals surface area contributed by atoms with Crippen molar-refractivity contribution in [3.63, 3.8) is 0 Å². The second kappa shape index (κ2) is 13.2. The topological polar surface area (TPSA) is 16.4 Å². The summed E-state index contributed by atoms with van der Waals surface area (Å²) in [6.45, 7) is 0. The minimum absolute atomic E-state index is 0.901. The van der Waals surface area contributed by atoms with Gasteiger partial charge in [-0.2, -0.15) is 0 Å². The molecule has 11 aromatic rings. The number of benzene rings is 10. The Labute approximate surface area is 325 Å². The molecule has 0 N–H and O–H groups in total. The second-order valence-electron chi connectivity index (χ2n) is 14.5. The van der Waals surface area contributed by atoms with Crippen LogP contribution in [0.15, 0.2) is 217 Å². The third kappa shape index (κ3) is 5.42. The molecule has 1 aromatic heterocycles. The third-order valence-electron chi connectivity index (χ3n) is 11.2. The average Bonchev–Trinajstić information content (AvgIpc) is 3.65. The lowest BCUT2D eigenvalue weighted by atomic mass is 9.94. The third-order valence-corrected chi connectivity index (χ3v) is 11.2. The summed E-state index contributed by atoms with van der Waals surface area (Å²) in [6, 6.07) is 76.6. The molecule has 2 nitrogen and oxygen atoms in total. The van der Waals surface area contributed by atoms with Crippen LogP contribution in [0, 0.1) is 0 Å². The second-order valence-corrected chi connectivity index (χ2v) is 14.5. The summed E-state index contributed by atoms with van der Waals surface area (Å²) in [6.07, 6.45) is 0. The van der Waals surface area contributed by atoms with Gasteiger partial charge in [0.05, 0.1) is 5.69 Å². The van der Waals surface area contributed by atoms with E-state index in [9.17, 15) is 0 Å². The molecule has 10 aromatic carbocycles. The number of hydrogen-bond acceptors (Lipinski definition) is 2. The molecule has 1 heterocycles. The molecule has 11 rings (SSSR count). The van der Waals surface area contributed by atoms with Gasteiger partial charge in [0.15, 0.2) is 0 Å². The molecule has 0 unspecified atom stereocenters. The molecule has 0 aliphatic heterocycles. The zero-order chi connectivity index (χ0) is 37.0. The van der Waals surface area contributed by atoms with Crippen LogP contribution in [0.25, 0.3) is 87.6 Å². The zero-order valence-electron chi connectivity index (χ0n) is 30.6. The van der Waals surface area contributed by atoms with Gasteiger partial charge < -0.3 is 9.32 Å². The van der Waals surface area contributed by atoms with Gasteiger partial charge in [0, 0.05) is 27.7 Å². The zero-order valence-corrected chi connectivity index (χ0v) is 30.6. The van der Waals surface area contributed by atoms with Crippen molar-refractivity contribution in [2.45, 2.75) is 0 Å². The molecule has 0 saturated carbocycles. The molecule has 0 radical (unpaired) electrons. The van der Waals surface area contributed by atoms with Crippen LogP contribution in [0.5, 0.6) is 0 Å². The molecular formula is C54H35NO. The Morgan fingerprint density at radius 1 is 0.304 bits per heavy atom. The Kier molecular flexibility index (Phi) is 7.53. The van der Waals surface area contributed by atoms with Gasteiger partial charge in [0.25, 0.3) is 0 Å². The fraction of sp³-hybridized carbons (Fsp3) is 0. The number of para-hydroxylation sites is 2. The van der Waals surface area contributed by atoms with Crippen molar-refractivity contribution in [1.29, 1.82) is 0 Å². The Morgan fingerprint density at radius 2 is 0.893 bits per heavy atom. The van der Waals surface area contributed by atoms with Crippen LogP contribution < -0.4 is 4.90 Å². The average molecular weight is 714 g/mol. The molecule has 0 bridgehead atoms. The number of hydrogen-bond donors (Lipinski definition) is 0. The van der Waals surface area contributed by atoms with Gasteiger partial charge in [-0.1, -0.05) is 158 Å².